The van der Waals surface area contributed by atoms with Crippen LogP contribution in [0.1, 0.15) is 21.6 Å². The first kappa shape index (κ1) is 23.6. The molecule has 2 heterocycles. The van der Waals surface area contributed by atoms with Crippen LogP contribution in [0.5, 0.6) is 0 Å². The van der Waals surface area contributed by atoms with E-state index in [4.69, 9.17) is 5.73 Å². The number of benzene rings is 2. The number of carbonyl (C=O) groups excluding carboxylic acids is 2. The number of carbonyl (C=O) groups is 2. The Kier molecular flexibility index (Phi) is 6.09. The minimum absolute atomic E-state index is 0.0718. The molecule has 0 aliphatic heterocycles. The molecule has 4 aromatic rings. The first-order chi connectivity index (χ1) is 16.6. The van der Waals surface area contributed by atoms with Crippen LogP contribution < -0.4 is 16.4 Å². The average molecular weight is 488 g/mol. The Bertz CT molecular complexity index is 1430. The monoisotopic (exact) mass is 488 g/mol. The zero-order valence-electron chi connectivity index (χ0n) is 17.6. The number of halogens is 4. The van der Waals surface area contributed by atoms with Crippen molar-refractivity contribution in [2.75, 3.05) is 16.4 Å². The van der Waals surface area contributed by atoms with E-state index in [1.807, 2.05) is 5.32 Å². The third-order valence-corrected chi connectivity index (χ3v) is 5.14. The average Bonchev–Trinajstić information content (AvgIpc) is 3.15. The number of anilines is 3. The van der Waals surface area contributed by atoms with Gasteiger partial charge in [-0.3, -0.25) is 4.79 Å². The van der Waals surface area contributed by atoms with Gasteiger partial charge >= 0.3 is 12.2 Å². The molecule has 2 amide bonds. The minimum Gasteiger partial charge on any atom is -0.392 e. The summed E-state index contributed by atoms with van der Waals surface area (Å²) >= 11 is 0. The van der Waals surface area contributed by atoms with E-state index in [-0.39, 0.29) is 22.8 Å². The lowest BCUT2D eigenvalue weighted by Gasteiger charge is -2.12. The van der Waals surface area contributed by atoms with Crippen LogP contribution in [0.4, 0.5) is 39.5 Å². The molecule has 0 aliphatic carbocycles. The van der Waals surface area contributed by atoms with Gasteiger partial charge in [-0.25, -0.2) is 18.7 Å². The molecule has 0 saturated carbocycles. The largest absolute Gasteiger partial charge is 0.416 e. The summed E-state index contributed by atoms with van der Waals surface area (Å²) in [5.41, 5.74) is 6.03. The molecule has 0 radical (unpaired) electrons. The van der Waals surface area contributed by atoms with E-state index in [2.05, 4.69) is 15.4 Å². The fourth-order valence-corrected chi connectivity index (χ4v) is 3.58. The SMILES string of the molecule is Nc1ncnn2c(C=O)c(CO)c(-c3ccc(NC(=O)Nc4cc(C(F)(F)F)ccc4F)cc3)c12. The van der Waals surface area contributed by atoms with Gasteiger partial charge < -0.3 is 21.5 Å². The molecule has 35 heavy (non-hydrogen) atoms. The van der Waals surface area contributed by atoms with Gasteiger partial charge in [0.05, 0.1) is 17.9 Å². The Hall–Kier alpha value is -4.52. The number of nitrogen functional groups attached to an aromatic ring is 1. The highest BCUT2D eigenvalue weighted by Crippen LogP contribution is 2.35. The molecule has 2 aromatic heterocycles. The number of urea groups is 1. The van der Waals surface area contributed by atoms with Gasteiger partial charge in [0, 0.05) is 16.8 Å². The van der Waals surface area contributed by atoms with Crippen LogP contribution in [0, 0.1) is 5.82 Å². The highest BCUT2D eigenvalue weighted by molar-refractivity contribution is 6.00. The van der Waals surface area contributed by atoms with Crippen molar-refractivity contribution in [2.24, 2.45) is 0 Å². The number of nitrogens with one attached hydrogen (secondary N) is 2. The van der Waals surface area contributed by atoms with Gasteiger partial charge in [0.1, 0.15) is 23.4 Å². The van der Waals surface area contributed by atoms with Gasteiger partial charge in [-0.1, -0.05) is 12.1 Å². The van der Waals surface area contributed by atoms with Crippen molar-refractivity contribution in [3.63, 3.8) is 0 Å². The van der Waals surface area contributed by atoms with Crippen LogP contribution in [0.25, 0.3) is 16.6 Å². The predicted molar refractivity (Wildman–Crippen MR) is 118 cm³/mol. The Labute approximate surface area is 194 Å². The van der Waals surface area contributed by atoms with E-state index in [9.17, 15) is 32.3 Å². The first-order valence-corrected chi connectivity index (χ1v) is 9.89. The zero-order valence-corrected chi connectivity index (χ0v) is 17.6. The van der Waals surface area contributed by atoms with Crippen molar-refractivity contribution in [1.82, 2.24) is 14.6 Å². The molecule has 0 spiro atoms. The smallest absolute Gasteiger partial charge is 0.392 e. The second-order valence-corrected chi connectivity index (χ2v) is 7.27. The molecule has 0 unspecified atom stereocenters. The number of aldehydes is 1. The van der Waals surface area contributed by atoms with Crippen LogP contribution in [0.2, 0.25) is 0 Å². The number of aliphatic hydroxyl groups is 1. The summed E-state index contributed by atoms with van der Waals surface area (Å²) in [5.74, 6) is -0.964. The molecule has 180 valence electrons. The van der Waals surface area contributed by atoms with Gasteiger partial charge in [0.25, 0.3) is 0 Å². The van der Waals surface area contributed by atoms with E-state index >= 15 is 0 Å². The van der Waals surface area contributed by atoms with E-state index < -0.39 is 35.9 Å². The summed E-state index contributed by atoms with van der Waals surface area (Å²) < 4.78 is 53.7. The topological polar surface area (TPSA) is 135 Å². The van der Waals surface area contributed by atoms with Crippen molar-refractivity contribution >= 4 is 35.0 Å². The molecule has 0 saturated heterocycles. The van der Waals surface area contributed by atoms with Crippen LogP contribution in [-0.4, -0.2) is 32.0 Å². The molecule has 0 fully saturated rings. The molecule has 0 aliphatic rings. The molecule has 9 nitrogen and oxygen atoms in total. The van der Waals surface area contributed by atoms with Crippen molar-refractivity contribution in [2.45, 2.75) is 12.8 Å². The number of hydrogen-bond donors (Lipinski definition) is 4. The zero-order chi connectivity index (χ0) is 25.3. The van der Waals surface area contributed by atoms with Gasteiger partial charge in [-0.15, -0.1) is 0 Å². The Morgan fingerprint density at radius 1 is 1.14 bits per heavy atom. The lowest BCUT2D eigenvalue weighted by atomic mass is 10.0. The van der Waals surface area contributed by atoms with Crippen molar-refractivity contribution in [1.29, 1.82) is 0 Å². The Morgan fingerprint density at radius 3 is 2.49 bits per heavy atom. The maximum absolute atomic E-state index is 13.9. The van der Waals surface area contributed by atoms with Gasteiger partial charge in [0.2, 0.25) is 0 Å². The number of aliphatic hydroxyl groups excluding tert-OH is 1. The molecule has 0 atom stereocenters. The fourth-order valence-electron chi connectivity index (χ4n) is 3.58. The second kappa shape index (κ2) is 9.02. The Balaban J connectivity index is 1.60. The quantitative estimate of drug-likeness (QED) is 0.247. The lowest BCUT2D eigenvalue weighted by molar-refractivity contribution is -0.137. The molecule has 4 rings (SSSR count). The summed E-state index contributed by atoms with van der Waals surface area (Å²) in [6.45, 7) is -0.489. The highest BCUT2D eigenvalue weighted by atomic mass is 19.4. The van der Waals surface area contributed by atoms with Gasteiger partial charge in [-0.2, -0.15) is 18.3 Å². The van der Waals surface area contributed by atoms with Crippen molar-refractivity contribution in [3.8, 4) is 11.1 Å². The molecule has 13 heteroatoms. The number of alkyl halides is 3. The number of rotatable bonds is 5. The summed E-state index contributed by atoms with van der Waals surface area (Å²) in [5, 5.41) is 18.3. The number of nitrogens with two attached hydrogens (primary N) is 1. The normalized spacial score (nSPS) is 11.5. The summed E-state index contributed by atoms with van der Waals surface area (Å²) in [6, 6.07) is 6.72. The number of amides is 2. The first-order valence-electron chi connectivity index (χ1n) is 9.89. The molecule has 5 N–H and O–H groups in total. The number of fused-ring (bicyclic) bond motifs is 1. The number of nitrogens with zero attached hydrogens (tertiary/aromatic N) is 3. The summed E-state index contributed by atoms with van der Waals surface area (Å²) in [7, 11) is 0. The van der Waals surface area contributed by atoms with Crippen LogP contribution in [0.3, 0.4) is 0 Å². The lowest BCUT2D eigenvalue weighted by Crippen LogP contribution is -2.20. The van der Waals surface area contributed by atoms with Gasteiger partial charge in [0.15, 0.2) is 12.1 Å². The molecule has 2 aromatic carbocycles. The third kappa shape index (κ3) is 4.48. The van der Waals surface area contributed by atoms with Crippen LogP contribution in [-0.2, 0) is 12.8 Å². The fraction of sp³-hybridized carbons (Fsp3) is 0.0909. The van der Waals surface area contributed by atoms with Crippen LogP contribution in [0.15, 0.2) is 48.8 Å². The number of hydrogen-bond acceptors (Lipinski definition) is 6. The highest BCUT2D eigenvalue weighted by Gasteiger charge is 2.31. The standard InChI is InChI=1S/C22H16F4N6O3/c23-15-6-3-12(22(24,25)26)7-16(15)31-21(35)30-13-4-1-11(2-5-13)18-14(8-33)17(9-34)32-19(18)20(27)28-10-29-32/h1-7,9-10,33H,8H2,(H2,27,28,29)(H2,30,31,35). The van der Waals surface area contributed by atoms with E-state index in [1.165, 1.54) is 23.0 Å². The van der Waals surface area contributed by atoms with Crippen molar-refractivity contribution in [3.05, 3.63) is 71.4 Å². The van der Waals surface area contributed by atoms with E-state index in [0.29, 0.717) is 41.1 Å². The minimum atomic E-state index is -4.70. The summed E-state index contributed by atoms with van der Waals surface area (Å²) in [6.07, 6.45) is -3.01. The molecule has 0 bridgehead atoms. The summed E-state index contributed by atoms with van der Waals surface area (Å²) in [4.78, 5) is 27.8. The second-order valence-electron chi connectivity index (χ2n) is 7.27. The maximum Gasteiger partial charge on any atom is 0.416 e. The predicted octanol–water partition coefficient (Wildman–Crippen LogP) is 4.09. The van der Waals surface area contributed by atoms with E-state index in [1.54, 1.807) is 12.1 Å². The molecular weight excluding hydrogens is 472 g/mol. The molecular formula is C22H16F4N6O3. The third-order valence-electron chi connectivity index (χ3n) is 5.14. The van der Waals surface area contributed by atoms with Crippen molar-refractivity contribution < 1.29 is 32.3 Å². The maximum atomic E-state index is 13.9. The van der Waals surface area contributed by atoms with Crippen LogP contribution >= 0.6 is 0 Å². The number of aromatic nitrogens is 3. The van der Waals surface area contributed by atoms with E-state index in [0.717, 1.165) is 0 Å². The van der Waals surface area contributed by atoms with Gasteiger partial charge in [-0.05, 0) is 35.9 Å². The Morgan fingerprint density at radius 2 is 1.86 bits per heavy atom.